The van der Waals surface area contributed by atoms with Gasteiger partial charge < -0.3 is 15.8 Å². The summed E-state index contributed by atoms with van der Waals surface area (Å²) < 4.78 is 5.10. The topological polar surface area (TPSA) is 47.3 Å². The van der Waals surface area contributed by atoms with Crippen molar-refractivity contribution in [2.24, 2.45) is 5.73 Å². The zero-order chi connectivity index (χ0) is 8.55. The first-order chi connectivity index (χ1) is 5.81. The smallest absolute Gasteiger partial charge is 0.119 e. The van der Waals surface area contributed by atoms with Crippen molar-refractivity contribution in [3.8, 4) is 5.75 Å². The number of benzene rings is 1. The summed E-state index contributed by atoms with van der Waals surface area (Å²) in [5.74, 6) is 0.868. The molecular weight excluding hydrogens is 152 g/mol. The molecule has 1 atom stereocenters. The SMILES string of the molecule is COc1ccc2c(c1)C(N)CN2. The molecule has 3 N–H and O–H groups in total. The molecule has 0 saturated carbocycles. The third-order valence-corrected chi connectivity index (χ3v) is 2.17. The van der Waals surface area contributed by atoms with E-state index in [9.17, 15) is 0 Å². The second-order valence-corrected chi connectivity index (χ2v) is 2.94. The highest BCUT2D eigenvalue weighted by atomic mass is 16.5. The number of ether oxygens (including phenoxy) is 1. The monoisotopic (exact) mass is 164 g/mol. The van der Waals surface area contributed by atoms with Crippen molar-refractivity contribution in [3.05, 3.63) is 23.8 Å². The van der Waals surface area contributed by atoms with E-state index >= 15 is 0 Å². The van der Waals surface area contributed by atoms with Crippen LogP contribution in [0.4, 0.5) is 5.69 Å². The Balaban J connectivity index is 2.43. The fourth-order valence-electron chi connectivity index (χ4n) is 1.47. The quantitative estimate of drug-likeness (QED) is 0.654. The molecule has 1 aliphatic rings. The molecular formula is C9H12N2O. The van der Waals surface area contributed by atoms with E-state index in [1.54, 1.807) is 7.11 Å². The molecule has 12 heavy (non-hydrogen) atoms. The first-order valence-corrected chi connectivity index (χ1v) is 3.98. The lowest BCUT2D eigenvalue weighted by Gasteiger charge is -2.04. The molecule has 1 aliphatic heterocycles. The first kappa shape index (κ1) is 7.43. The van der Waals surface area contributed by atoms with Crippen LogP contribution in [0.25, 0.3) is 0 Å². The van der Waals surface area contributed by atoms with E-state index in [0.717, 1.165) is 23.5 Å². The number of fused-ring (bicyclic) bond motifs is 1. The molecule has 2 rings (SSSR count). The Morgan fingerprint density at radius 2 is 2.42 bits per heavy atom. The molecule has 0 saturated heterocycles. The summed E-state index contributed by atoms with van der Waals surface area (Å²) in [7, 11) is 1.66. The van der Waals surface area contributed by atoms with Crippen LogP contribution < -0.4 is 15.8 Å². The standard InChI is InChI=1S/C9H12N2O/c1-12-6-2-3-9-7(4-6)8(10)5-11-9/h2-4,8,11H,5,10H2,1H3. The number of nitrogens with one attached hydrogen (secondary N) is 1. The van der Waals surface area contributed by atoms with Crippen molar-refractivity contribution < 1.29 is 4.74 Å². The summed E-state index contributed by atoms with van der Waals surface area (Å²) in [5.41, 5.74) is 8.13. The van der Waals surface area contributed by atoms with Crippen molar-refractivity contribution in [1.29, 1.82) is 0 Å². The van der Waals surface area contributed by atoms with Crippen LogP contribution in [0, 0.1) is 0 Å². The van der Waals surface area contributed by atoms with E-state index in [1.807, 2.05) is 18.2 Å². The van der Waals surface area contributed by atoms with E-state index in [-0.39, 0.29) is 6.04 Å². The Bertz CT molecular complexity index is 299. The van der Waals surface area contributed by atoms with Gasteiger partial charge in [0.05, 0.1) is 7.11 Å². The highest BCUT2D eigenvalue weighted by Gasteiger charge is 2.18. The van der Waals surface area contributed by atoms with Crippen LogP contribution in [-0.4, -0.2) is 13.7 Å². The van der Waals surface area contributed by atoms with Gasteiger partial charge in [-0.05, 0) is 23.8 Å². The summed E-state index contributed by atoms with van der Waals surface area (Å²) in [6.45, 7) is 0.822. The van der Waals surface area contributed by atoms with Gasteiger partial charge in [-0.25, -0.2) is 0 Å². The number of hydrogen-bond donors (Lipinski definition) is 2. The van der Waals surface area contributed by atoms with Crippen molar-refractivity contribution >= 4 is 5.69 Å². The molecule has 3 nitrogen and oxygen atoms in total. The number of anilines is 1. The highest BCUT2D eigenvalue weighted by Crippen LogP contribution is 2.30. The van der Waals surface area contributed by atoms with Gasteiger partial charge in [0.15, 0.2) is 0 Å². The minimum Gasteiger partial charge on any atom is -0.497 e. The number of rotatable bonds is 1. The molecule has 0 aliphatic carbocycles. The largest absolute Gasteiger partial charge is 0.497 e. The Labute approximate surface area is 71.5 Å². The van der Waals surface area contributed by atoms with Gasteiger partial charge in [-0.2, -0.15) is 0 Å². The number of nitrogens with two attached hydrogens (primary N) is 1. The Morgan fingerprint density at radius 1 is 1.58 bits per heavy atom. The molecule has 1 unspecified atom stereocenters. The van der Waals surface area contributed by atoms with E-state index in [4.69, 9.17) is 10.5 Å². The first-order valence-electron chi connectivity index (χ1n) is 3.98. The lowest BCUT2D eigenvalue weighted by molar-refractivity contribution is 0.414. The lowest BCUT2D eigenvalue weighted by Crippen LogP contribution is -2.11. The minimum absolute atomic E-state index is 0.107. The maximum Gasteiger partial charge on any atom is 0.119 e. The van der Waals surface area contributed by atoms with Crippen LogP contribution in [0.1, 0.15) is 11.6 Å². The van der Waals surface area contributed by atoms with Gasteiger partial charge in [0, 0.05) is 18.3 Å². The fraction of sp³-hybridized carbons (Fsp3) is 0.333. The van der Waals surface area contributed by atoms with Crippen LogP contribution >= 0.6 is 0 Å². The van der Waals surface area contributed by atoms with Crippen molar-refractivity contribution in [3.63, 3.8) is 0 Å². The fourth-order valence-corrected chi connectivity index (χ4v) is 1.47. The summed E-state index contributed by atoms with van der Waals surface area (Å²) in [4.78, 5) is 0. The summed E-state index contributed by atoms with van der Waals surface area (Å²) in [5, 5.41) is 3.22. The molecule has 0 aromatic heterocycles. The molecule has 0 spiro atoms. The average Bonchev–Trinajstić information content (AvgIpc) is 2.47. The van der Waals surface area contributed by atoms with Crippen LogP contribution in [0.3, 0.4) is 0 Å². The summed E-state index contributed by atoms with van der Waals surface area (Å²) >= 11 is 0. The number of hydrogen-bond acceptors (Lipinski definition) is 3. The van der Waals surface area contributed by atoms with Gasteiger partial charge in [-0.1, -0.05) is 0 Å². The molecule has 1 heterocycles. The maximum atomic E-state index is 5.85. The van der Waals surface area contributed by atoms with Crippen molar-refractivity contribution in [1.82, 2.24) is 0 Å². The molecule has 0 radical (unpaired) electrons. The molecule has 0 amide bonds. The van der Waals surface area contributed by atoms with E-state index < -0.39 is 0 Å². The third kappa shape index (κ3) is 1.02. The predicted molar refractivity (Wildman–Crippen MR) is 48.4 cm³/mol. The second kappa shape index (κ2) is 2.68. The van der Waals surface area contributed by atoms with Crippen LogP contribution in [0.2, 0.25) is 0 Å². The van der Waals surface area contributed by atoms with E-state index in [2.05, 4.69) is 5.32 Å². The average molecular weight is 164 g/mol. The Hall–Kier alpha value is -1.22. The Morgan fingerprint density at radius 3 is 3.17 bits per heavy atom. The van der Waals surface area contributed by atoms with E-state index in [1.165, 1.54) is 0 Å². The van der Waals surface area contributed by atoms with E-state index in [0.29, 0.717) is 0 Å². The zero-order valence-corrected chi connectivity index (χ0v) is 7.00. The van der Waals surface area contributed by atoms with Gasteiger partial charge in [-0.3, -0.25) is 0 Å². The maximum absolute atomic E-state index is 5.85. The predicted octanol–water partition coefficient (Wildman–Crippen LogP) is 1.12. The molecule has 64 valence electrons. The third-order valence-electron chi connectivity index (χ3n) is 2.17. The normalized spacial score (nSPS) is 20.0. The van der Waals surface area contributed by atoms with Crippen molar-refractivity contribution in [2.45, 2.75) is 6.04 Å². The second-order valence-electron chi connectivity index (χ2n) is 2.94. The van der Waals surface area contributed by atoms with Gasteiger partial charge in [0.1, 0.15) is 5.75 Å². The van der Waals surface area contributed by atoms with Gasteiger partial charge in [0.2, 0.25) is 0 Å². The van der Waals surface area contributed by atoms with Gasteiger partial charge >= 0.3 is 0 Å². The van der Waals surface area contributed by atoms with Gasteiger partial charge in [-0.15, -0.1) is 0 Å². The molecule has 0 fully saturated rings. The molecule has 3 heteroatoms. The highest BCUT2D eigenvalue weighted by molar-refractivity contribution is 5.59. The number of methoxy groups -OCH3 is 1. The molecule has 0 bridgehead atoms. The summed E-state index contributed by atoms with van der Waals surface area (Å²) in [6, 6.07) is 6.03. The van der Waals surface area contributed by atoms with Crippen LogP contribution in [0.15, 0.2) is 18.2 Å². The van der Waals surface area contributed by atoms with Crippen LogP contribution in [0.5, 0.6) is 5.75 Å². The lowest BCUT2D eigenvalue weighted by atomic mass is 10.1. The minimum atomic E-state index is 0.107. The molecule has 1 aromatic rings. The van der Waals surface area contributed by atoms with Crippen LogP contribution in [-0.2, 0) is 0 Å². The Kier molecular flexibility index (Phi) is 1.66. The van der Waals surface area contributed by atoms with Gasteiger partial charge in [0.25, 0.3) is 0 Å². The summed E-state index contributed by atoms with van der Waals surface area (Å²) in [6.07, 6.45) is 0. The van der Waals surface area contributed by atoms with Crippen molar-refractivity contribution in [2.75, 3.05) is 19.0 Å². The zero-order valence-electron chi connectivity index (χ0n) is 7.00. The molecule has 1 aromatic carbocycles.